The molecule has 0 radical (unpaired) electrons. The van der Waals surface area contributed by atoms with Gasteiger partial charge in [-0.3, -0.25) is 9.78 Å². The molecular weight excluding hydrogens is 281 g/mol. The van der Waals surface area contributed by atoms with E-state index in [2.05, 4.69) is 10.3 Å². The van der Waals surface area contributed by atoms with Crippen molar-refractivity contribution in [1.29, 1.82) is 0 Å². The van der Waals surface area contributed by atoms with Crippen LogP contribution in [0.25, 0.3) is 0 Å². The van der Waals surface area contributed by atoms with Gasteiger partial charge in [0.05, 0.1) is 5.02 Å². The molecule has 1 aliphatic rings. The fraction of sp³-hybridized carbons (Fsp3) is 0.500. The maximum atomic E-state index is 13.2. The van der Waals surface area contributed by atoms with Crippen LogP contribution in [0.4, 0.5) is 13.2 Å². The maximum Gasteiger partial charge on any atom is 0.402 e. The van der Waals surface area contributed by atoms with Gasteiger partial charge in [0.25, 0.3) is 0 Å². The number of alkyl halides is 3. The summed E-state index contributed by atoms with van der Waals surface area (Å²) in [6.45, 7) is -0.173. The van der Waals surface area contributed by atoms with Gasteiger partial charge < -0.3 is 5.32 Å². The van der Waals surface area contributed by atoms with Crippen LogP contribution in [0.1, 0.15) is 12.0 Å². The number of nitrogens with one attached hydrogen (secondary N) is 1. The zero-order chi connectivity index (χ0) is 14.1. The van der Waals surface area contributed by atoms with E-state index in [0.717, 1.165) is 0 Å². The lowest BCUT2D eigenvalue weighted by molar-refractivity contribution is -0.214. The van der Waals surface area contributed by atoms with E-state index in [1.807, 2.05) is 0 Å². The van der Waals surface area contributed by atoms with Crippen molar-refractivity contribution >= 4 is 17.4 Å². The summed E-state index contributed by atoms with van der Waals surface area (Å²) >= 11 is 5.82. The Balaban J connectivity index is 2.25. The highest BCUT2D eigenvalue weighted by atomic mass is 35.5. The molecule has 19 heavy (non-hydrogen) atoms. The average molecular weight is 293 g/mol. The number of nitrogens with zero attached hydrogens (tertiary/aromatic N) is 1. The molecule has 0 spiro atoms. The van der Waals surface area contributed by atoms with Gasteiger partial charge in [0, 0.05) is 25.4 Å². The van der Waals surface area contributed by atoms with Crippen molar-refractivity contribution in [2.24, 2.45) is 5.41 Å². The van der Waals surface area contributed by atoms with Crippen molar-refractivity contribution in [3.05, 3.63) is 29.0 Å². The van der Waals surface area contributed by atoms with Gasteiger partial charge in [-0.2, -0.15) is 13.2 Å². The Morgan fingerprint density at radius 2 is 2.26 bits per heavy atom. The summed E-state index contributed by atoms with van der Waals surface area (Å²) in [4.78, 5) is 15.8. The first-order chi connectivity index (χ1) is 8.87. The van der Waals surface area contributed by atoms with Gasteiger partial charge >= 0.3 is 6.18 Å². The lowest BCUT2D eigenvalue weighted by Gasteiger charge is -2.29. The molecule has 1 aromatic heterocycles. The second-order valence-corrected chi connectivity index (χ2v) is 4.98. The summed E-state index contributed by atoms with van der Waals surface area (Å²) in [6.07, 6.45) is -2.38. The van der Waals surface area contributed by atoms with Crippen molar-refractivity contribution in [1.82, 2.24) is 10.3 Å². The Hall–Kier alpha value is -1.14. The summed E-state index contributed by atoms with van der Waals surface area (Å²) in [6, 6.07) is 1.46. The lowest BCUT2D eigenvalue weighted by Crippen LogP contribution is -2.47. The zero-order valence-corrected chi connectivity index (χ0v) is 10.7. The third-order valence-corrected chi connectivity index (χ3v) is 3.78. The smallest absolute Gasteiger partial charge is 0.315 e. The number of rotatable bonds is 3. The summed E-state index contributed by atoms with van der Waals surface area (Å²) in [5.41, 5.74) is -1.92. The van der Waals surface area contributed by atoms with Crippen molar-refractivity contribution in [3.63, 3.8) is 0 Å². The number of aromatic nitrogens is 1. The molecular formula is C12H12ClF3N2O. The molecule has 1 saturated heterocycles. The van der Waals surface area contributed by atoms with Gasteiger partial charge in [0.1, 0.15) is 5.41 Å². The minimum Gasteiger partial charge on any atom is -0.315 e. The number of hydrogen-bond donors (Lipinski definition) is 1. The third kappa shape index (κ3) is 2.60. The highest BCUT2D eigenvalue weighted by Crippen LogP contribution is 2.44. The normalized spacial score (nSPS) is 23.6. The Labute approximate surface area is 113 Å². The van der Waals surface area contributed by atoms with E-state index in [1.165, 1.54) is 18.5 Å². The second-order valence-electron chi connectivity index (χ2n) is 4.57. The van der Waals surface area contributed by atoms with Crippen molar-refractivity contribution in [2.75, 3.05) is 13.1 Å². The largest absolute Gasteiger partial charge is 0.402 e. The summed E-state index contributed by atoms with van der Waals surface area (Å²) in [5.74, 6) is -0.849. The third-order valence-electron chi connectivity index (χ3n) is 3.44. The van der Waals surface area contributed by atoms with Crippen molar-refractivity contribution < 1.29 is 18.0 Å². The second kappa shape index (κ2) is 5.09. The zero-order valence-electron chi connectivity index (χ0n) is 9.93. The summed E-state index contributed by atoms with van der Waals surface area (Å²) < 4.78 is 39.5. The summed E-state index contributed by atoms with van der Waals surface area (Å²) in [7, 11) is 0. The Kier molecular flexibility index (Phi) is 3.82. The summed E-state index contributed by atoms with van der Waals surface area (Å²) in [5, 5.41) is 2.82. The van der Waals surface area contributed by atoms with E-state index >= 15 is 0 Å². The number of halogens is 4. The van der Waals surface area contributed by atoms with Crippen LogP contribution < -0.4 is 5.32 Å². The minimum atomic E-state index is -4.55. The fourth-order valence-electron chi connectivity index (χ4n) is 2.22. The number of pyridine rings is 1. The van der Waals surface area contributed by atoms with Gasteiger partial charge in [-0.15, -0.1) is 0 Å². The maximum absolute atomic E-state index is 13.2. The molecule has 0 aliphatic carbocycles. The van der Waals surface area contributed by atoms with Gasteiger partial charge in [-0.1, -0.05) is 11.6 Å². The minimum absolute atomic E-state index is 0.190. The molecule has 1 fully saturated rings. The Morgan fingerprint density at radius 1 is 1.53 bits per heavy atom. The Bertz CT molecular complexity index is 484. The van der Waals surface area contributed by atoms with E-state index in [4.69, 9.17) is 11.6 Å². The van der Waals surface area contributed by atoms with Crippen LogP contribution in [-0.4, -0.2) is 30.0 Å². The number of Topliss-reactive ketones (excluding diaryl/α,β-unsaturated/α-hetero) is 1. The van der Waals surface area contributed by atoms with Crippen molar-refractivity contribution in [3.8, 4) is 0 Å². The van der Waals surface area contributed by atoms with Crippen LogP contribution in [0.5, 0.6) is 0 Å². The molecule has 0 amide bonds. The van der Waals surface area contributed by atoms with E-state index < -0.39 is 17.4 Å². The van der Waals surface area contributed by atoms with E-state index in [9.17, 15) is 18.0 Å². The molecule has 1 atom stereocenters. The first-order valence-electron chi connectivity index (χ1n) is 5.76. The number of carbonyl (C=O) groups is 1. The number of hydrogen-bond acceptors (Lipinski definition) is 3. The first kappa shape index (κ1) is 14.3. The number of ketones is 1. The average Bonchev–Trinajstić information content (AvgIpc) is 2.82. The molecule has 3 nitrogen and oxygen atoms in total. The quantitative estimate of drug-likeness (QED) is 0.930. The lowest BCUT2D eigenvalue weighted by atomic mass is 9.79. The van der Waals surface area contributed by atoms with E-state index in [1.54, 1.807) is 0 Å². The standard InChI is InChI=1S/C12H12ClF3N2O/c13-9-6-17-3-1-8(9)5-10(19)11(12(14,15)16)2-4-18-7-11/h1,3,6,18H,2,4-5,7H2. The van der Waals surface area contributed by atoms with Crippen LogP contribution in [0, 0.1) is 5.41 Å². The van der Waals surface area contributed by atoms with E-state index in [-0.39, 0.29) is 31.0 Å². The highest BCUT2D eigenvalue weighted by molar-refractivity contribution is 6.31. The molecule has 104 valence electrons. The first-order valence-corrected chi connectivity index (χ1v) is 6.14. The van der Waals surface area contributed by atoms with Gasteiger partial charge in [-0.25, -0.2) is 0 Å². The fourth-order valence-corrected chi connectivity index (χ4v) is 2.41. The molecule has 1 unspecified atom stereocenters. The van der Waals surface area contributed by atoms with Crippen LogP contribution in [0.15, 0.2) is 18.5 Å². The van der Waals surface area contributed by atoms with Gasteiger partial charge in [-0.05, 0) is 24.6 Å². The SMILES string of the molecule is O=C(Cc1ccncc1Cl)C1(C(F)(F)F)CCNC1. The van der Waals surface area contributed by atoms with Crippen LogP contribution in [0.2, 0.25) is 5.02 Å². The predicted molar refractivity (Wildman–Crippen MR) is 63.9 cm³/mol. The monoisotopic (exact) mass is 292 g/mol. The van der Waals surface area contributed by atoms with E-state index in [0.29, 0.717) is 5.56 Å². The molecule has 1 aromatic rings. The molecule has 2 heterocycles. The van der Waals surface area contributed by atoms with Gasteiger partial charge in [0.2, 0.25) is 0 Å². The molecule has 7 heteroatoms. The molecule has 0 saturated carbocycles. The number of carbonyl (C=O) groups excluding carboxylic acids is 1. The van der Waals surface area contributed by atoms with Crippen LogP contribution in [-0.2, 0) is 11.2 Å². The van der Waals surface area contributed by atoms with Gasteiger partial charge in [0.15, 0.2) is 5.78 Å². The molecule has 1 aliphatic heterocycles. The molecule has 0 bridgehead atoms. The topological polar surface area (TPSA) is 42.0 Å². The molecule has 2 rings (SSSR count). The van der Waals surface area contributed by atoms with Crippen molar-refractivity contribution in [2.45, 2.75) is 19.0 Å². The predicted octanol–water partition coefficient (Wildman–Crippen LogP) is 2.39. The Morgan fingerprint density at radius 3 is 2.79 bits per heavy atom. The van der Waals surface area contributed by atoms with Crippen LogP contribution in [0.3, 0.4) is 0 Å². The highest BCUT2D eigenvalue weighted by Gasteiger charge is 2.60. The molecule has 1 N–H and O–H groups in total. The van der Waals surface area contributed by atoms with Crippen LogP contribution >= 0.6 is 11.6 Å². The molecule has 0 aromatic carbocycles.